The van der Waals surface area contributed by atoms with Gasteiger partial charge in [0.2, 0.25) is 10.0 Å². The maximum Gasteiger partial charge on any atom is 0.216 e. The molecule has 5 nitrogen and oxygen atoms in total. The molecular formula is C15H28N2O3S. The van der Waals surface area contributed by atoms with Crippen molar-refractivity contribution in [2.45, 2.75) is 45.3 Å². The molecule has 3 rings (SSSR count). The standard InChI is InChI=1S/C15H28N2O3S/c1-12(2)20-7-8-21(18,19)17-10-13-9-16-6-4-3-5-15(16)14(13)11-17/h12-15H,3-11H2,1-2H3/t13-,14+,15+/m0/s1. The topological polar surface area (TPSA) is 49.9 Å². The van der Waals surface area contributed by atoms with E-state index >= 15 is 0 Å². The Labute approximate surface area is 128 Å². The molecule has 0 bridgehead atoms. The van der Waals surface area contributed by atoms with Crippen LogP contribution in [-0.4, -0.2) is 68.3 Å². The minimum absolute atomic E-state index is 0.0916. The van der Waals surface area contributed by atoms with Crippen LogP contribution in [0.1, 0.15) is 33.1 Å². The maximum absolute atomic E-state index is 12.4. The first-order valence-electron chi connectivity index (χ1n) is 8.31. The predicted octanol–water partition coefficient (Wildman–Crippen LogP) is 1.16. The fourth-order valence-corrected chi connectivity index (χ4v) is 5.64. The van der Waals surface area contributed by atoms with Crippen molar-refractivity contribution in [2.75, 3.05) is 38.5 Å². The van der Waals surface area contributed by atoms with Gasteiger partial charge in [-0.3, -0.25) is 4.90 Å². The van der Waals surface area contributed by atoms with Crippen LogP contribution >= 0.6 is 0 Å². The first kappa shape index (κ1) is 15.7. The van der Waals surface area contributed by atoms with E-state index in [4.69, 9.17) is 4.74 Å². The van der Waals surface area contributed by atoms with Crippen molar-refractivity contribution in [3.8, 4) is 0 Å². The molecule has 3 heterocycles. The molecule has 0 amide bonds. The van der Waals surface area contributed by atoms with E-state index in [9.17, 15) is 8.42 Å². The zero-order valence-electron chi connectivity index (χ0n) is 13.2. The Morgan fingerprint density at radius 3 is 2.76 bits per heavy atom. The summed E-state index contributed by atoms with van der Waals surface area (Å²) in [5, 5.41) is 0. The van der Waals surface area contributed by atoms with Gasteiger partial charge in [0.25, 0.3) is 0 Å². The quantitative estimate of drug-likeness (QED) is 0.764. The summed E-state index contributed by atoms with van der Waals surface area (Å²) < 4.78 is 32.0. The van der Waals surface area contributed by atoms with Gasteiger partial charge in [-0.15, -0.1) is 0 Å². The summed E-state index contributed by atoms with van der Waals surface area (Å²) in [7, 11) is -3.15. The normalized spacial score (nSPS) is 34.3. The molecule has 0 spiro atoms. The van der Waals surface area contributed by atoms with Crippen LogP contribution in [0.3, 0.4) is 0 Å². The fraction of sp³-hybridized carbons (Fsp3) is 1.00. The number of hydrogen-bond donors (Lipinski definition) is 0. The molecule has 6 heteroatoms. The highest BCUT2D eigenvalue weighted by atomic mass is 32.2. The molecule has 0 aromatic rings. The van der Waals surface area contributed by atoms with Crippen LogP contribution < -0.4 is 0 Å². The smallest absolute Gasteiger partial charge is 0.216 e. The van der Waals surface area contributed by atoms with Crippen LogP contribution in [0.5, 0.6) is 0 Å². The predicted molar refractivity (Wildman–Crippen MR) is 82.6 cm³/mol. The molecule has 0 N–H and O–H groups in total. The van der Waals surface area contributed by atoms with Crippen LogP contribution in [0.2, 0.25) is 0 Å². The average Bonchev–Trinajstić information content (AvgIpc) is 2.95. The molecule has 122 valence electrons. The van der Waals surface area contributed by atoms with Crippen molar-refractivity contribution in [3.05, 3.63) is 0 Å². The van der Waals surface area contributed by atoms with Crippen LogP contribution in [0.25, 0.3) is 0 Å². The lowest BCUT2D eigenvalue weighted by molar-refractivity contribution is 0.0906. The zero-order chi connectivity index (χ0) is 15.0. The summed E-state index contributed by atoms with van der Waals surface area (Å²) in [4.78, 5) is 2.60. The van der Waals surface area contributed by atoms with Gasteiger partial charge in [0.15, 0.2) is 0 Å². The molecule has 0 aliphatic carbocycles. The molecule has 0 aromatic heterocycles. The molecule has 3 saturated heterocycles. The second-order valence-corrected chi connectivity index (χ2v) is 9.12. The highest BCUT2D eigenvalue weighted by Crippen LogP contribution is 2.41. The SMILES string of the molecule is CC(C)OCCS(=O)(=O)N1C[C@@H]2CN3CCCC[C@@H]3[C@@H]2C1. The second kappa shape index (κ2) is 6.14. The third-order valence-electron chi connectivity index (χ3n) is 5.27. The number of sulfonamides is 1. The van der Waals surface area contributed by atoms with Gasteiger partial charge in [-0.05, 0) is 45.1 Å². The van der Waals surface area contributed by atoms with Gasteiger partial charge in [0.1, 0.15) is 0 Å². The van der Waals surface area contributed by atoms with Crippen LogP contribution in [0.15, 0.2) is 0 Å². The summed E-state index contributed by atoms with van der Waals surface area (Å²) in [6.07, 6.45) is 3.96. The van der Waals surface area contributed by atoms with Gasteiger partial charge < -0.3 is 4.74 Å². The first-order valence-corrected chi connectivity index (χ1v) is 9.92. The Morgan fingerprint density at radius 1 is 1.19 bits per heavy atom. The van der Waals surface area contributed by atoms with Gasteiger partial charge in [-0.2, -0.15) is 0 Å². The highest BCUT2D eigenvalue weighted by Gasteiger charge is 2.49. The largest absolute Gasteiger partial charge is 0.378 e. The third-order valence-corrected chi connectivity index (χ3v) is 7.04. The molecule has 3 atom stereocenters. The number of hydrogen-bond acceptors (Lipinski definition) is 4. The zero-order valence-corrected chi connectivity index (χ0v) is 14.0. The van der Waals surface area contributed by atoms with Crippen molar-refractivity contribution >= 4 is 10.0 Å². The lowest BCUT2D eigenvalue weighted by Crippen LogP contribution is -2.41. The van der Waals surface area contributed by atoms with Gasteiger partial charge >= 0.3 is 0 Å². The van der Waals surface area contributed by atoms with Crippen LogP contribution in [0, 0.1) is 11.8 Å². The number of piperidine rings is 1. The highest BCUT2D eigenvalue weighted by molar-refractivity contribution is 7.89. The molecule has 0 radical (unpaired) electrons. The van der Waals surface area contributed by atoms with Crippen molar-refractivity contribution < 1.29 is 13.2 Å². The Kier molecular flexibility index (Phi) is 4.60. The van der Waals surface area contributed by atoms with Crippen molar-refractivity contribution in [1.29, 1.82) is 0 Å². The van der Waals surface area contributed by atoms with Crippen LogP contribution in [-0.2, 0) is 14.8 Å². The monoisotopic (exact) mass is 316 g/mol. The fourth-order valence-electron chi connectivity index (χ4n) is 4.26. The summed E-state index contributed by atoms with van der Waals surface area (Å²) in [5.74, 6) is 1.24. The number of fused-ring (bicyclic) bond motifs is 3. The van der Waals surface area contributed by atoms with E-state index in [2.05, 4.69) is 4.90 Å². The van der Waals surface area contributed by atoms with Gasteiger partial charge in [0.05, 0.1) is 18.5 Å². The van der Waals surface area contributed by atoms with Gasteiger partial charge in [0, 0.05) is 25.7 Å². The molecule has 0 saturated carbocycles. The lowest BCUT2D eigenvalue weighted by atomic mass is 9.90. The molecule has 0 unspecified atom stereocenters. The van der Waals surface area contributed by atoms with Crippen molar-refractivity contribution in [1.82, 2.24) is 9.21 Å². The summed E-state index contributed by atoms with van der Waals surface area (Å²) >= 11 is 0. The molecule has 3 aliphatic heterocycles. The number of nitrogens with zero attached hydrogens (tertiary/aromatic N) is 2. The average molecular weight is 316 g/mol. The van der Waals surface area contributed by atoms with Crippen LogP contribution in [0.4, 0.5) is 0 Å². The molecule has 3 fully saturated rings. The Balaban J connectivity index is 1.57. The van der Waals surface area contributed by atoms with E-state index in [0.29, 0.717) is 24.5 Å². The minimum Gasteiger partial charge on any atom is -0.378 e. The molecule has 3 aliphatic rings. The van der Waals surface area contributed by atoms with E-state index in [1.165, 1.54) is 25.8 Å². The molecule has 0 aromatic carbocycles. The van der Waals surface area contributed by atoms with E-state index < -0.39 is 10.0 Å². The minimum atomic E-state index is -3.15. The second-order valence-electron chi connectivity index (χ2n) is 7.03. The Bertz CT molecular complexity index is 466. The van der Waals surface area contributed by atoms with Crippen molar-refractivity contribution in [2.24, 2.45) is 11.8 Å². The molecule has 21 heavy (non-hydrogen) atoms. The lowest BCUT2D eigenvalue weighted by Gasteiger charge is -2.33. The van der Waals surface area contributed by atoms with E-state index in [-0.39, 0.29) is 11.9 Å². The van der Waals surface area contributed by atoms with Gasteiger partial charge in [-0.25, -0.2) is 12.7 Å². The summed E-state index contributed by atoms with van der Waals surface area (Å²) in [6, 6.07) is 0.635. The number of ether oxygens (including phenoxy) is 1. The first-order chi connectivity index (χ1) is 9.97. The maximum atomic E-state index is 12.4. The van der Waals surface area contributed by atoms with Gasteiger partial charge in [-0.1, -0.05) is 6.42 Å². The van der Waals surface area contributed by atoms with E-state index in [1.54, 1.807) is 4.31 Å². The number of rotatable bonds is 5. The summed E-state index contributed by atoms with van der Waals surface area (Å²) in [6.45, 7) is 7.95. The Hall–Kier alpha value is -0.170. The van der Waals surface area contributed by atoms with E-state index in [1.807, 2.05) is 13.8 Å². The van der Waals surface area contributed by atoms with Crippen molar-refractivity contribution in [3.63, 3.8) is 0 Å². The Morgan fingerprint density at radius 2 is 2.00 bits per heavy atom. The summed E-state index contributed by atoms with van der Waals surface area (Å²) in [5.41, 5.74) is 0. The molecular weight excluding hydrogens is 288 g/mol. The van der Waals surface area contributed by atoms with E-state index in [0.717, 1.165) is 19.6 Å². The third kappa shape index (κ3) is 3.28.